The molecule has 112 valence electrons. The lowest BCUT2D eigenvalue weighted by molar-refractivity contribution is -0.137. The molecule has 0 bridgehead atoms. The van der Waals surface area contributed by atoms with E-state index < -0.39 is 23.1 Å². The maximum atomic E-state index is 12.6. The number of benzene rings is 1. The van der Waals surface area contributed by atoms with Crippen molar-refractivity contribution >= 4 is 5.91 Å². The molecule has 1 aromatic rings. The Hall–Kier alpha value is -2.03. The van der Waals surface area contributed by atoms with Crippen LogP contribution in [0.5, 0.6) is 0 Å². The number of nitrogens with zero attached hydrogens (tertiary/aromatic N) is 1. The lowest BCUT2D eigenvalue weighted by atomic mass is 9.63. The van der Waals surface area contributed by atoms with Gasteiger partial charge in [0.15, 0.2) is 0 Å². The van der Waals surface area contributed by atoms with E-state index in [4.69, 9.17) is 5.26 Å². The van der Waals surface area contributed by atoms with Gasteiger partial charge in [-0.3, -0.25) is 4.79 Å². The number of alkyl halides is 3. The van der Waals surface area contributed by atoms with Crippen LogP contribution in [0, 0.1) is 22.7 Å². The molecule has 1 aliphatic carbocycles. The zero-order chi connectivity index (χ0) is 15.7. The van der Waals surface area contributed by atoms with Crippen molar-refractivity contribution in [1.82, 2.24) is 5.32 Å². The Kier molecular flexibility index (Phi) is 3.95. The number of nitrogens with one attached hydrogen (secondary N) is 1. The van der Waals surface area contributed by atoms with Gasteiger partial charge in [0.1, 0.15) is 5.41 Å². The standard InChI is InChI=1S/C15H15F3N2O/c1-10-6-14(7-10,9-19)13(21)20-8-11-3-2-4-12(5-11)15(16,17)18/h2-5,10H,6-8H2,1H3,(H,20,21). The minimum Gasteiger partial charge on any atom is -0.351 e. The number of rotatable bonds is 3. The van der Waals surface area contributed by atoms with Gasteiger partial charge in [0.25, 0.3) is 0 Å². The molecule has 1 fully saturated rings. The van der Waals surface area contributed by atoms with Gasteiger partial charge in [-0.05, 0) is 36.5 Å². The summed E-state index contributed by atoms with van der Waals surface area (Å²) in [6.07, 6.45) is -3.41. The van der Waals surface area contributed by atoms with E-state index in [-0.39, 0.29) is 6.54 Å². The Balaban J connectivity index is 2.01. The molecule has 2 rings (SSSR count). The molecule has 1 aliphatic rings. The monoisotopic (exact) mass is 296 g/mol. The first-order chi connectivity index (χ1) is 9.77. The maximum Gasteiger partial charge on any atom is 0.416 e. The Labute approximate surface area is 120 Å². The summed E-state index contributed by atoms with van der Waals surface area (Å²) in [5, 5.41) is 11.7. The molecule has 0 unspecified atom stereocenters. The lowest BCUT2D eigenvalue weighted by Crippen LogP contribution is -2.47. The van der Waals surface area contributed by atoms with Crippen molar-refractivity contribution in [3.8, 4) is 6.07 Å². The molecule has 21 heavy (non-hydrogen) atoms. The number of carbonyl (C=O) groups is 1. The lowest BCUT2D eigenvalue weighted by Gasteiger charge is -2.39. The van der Waals surface area contributed by atoms with Crippen molar-refractivity contribution in [3.63, 3.8) is 0 Å². The molecule has 0 aliphatic heterocycles. The third-order valence-electron chi connectivity index (χ3n) is 3.75. The van der Waals surface area contributed by atoms with Gasteiger partial charge in [-0.25, -0.2) is 0 Å². The fourth-order valence-corrected chi connectivity index (χ4v) is 2.67. The molecule has 1 aromatic carbocycles. The topological polar surface area (TPSA) is 52.9 Å². The number of carbonyl (C=O) groups excluding carboxylic acids is 1. The summed E-state index contributed by atoms with van der Waals surface area (Å²) in [5.74, 6) is -0.0792. The molecule has 1 amide bonds. The highest BCUT2D eigenvalue weighted by Gasteiger charge is 2.48. The molecular weight excluding hydrogens is 281 g/mol. The van der Waals surface area contributed by atoms with Crippen molar-refractivity contribution < 1.29 is 18.0 Å². The van der Waals surface area contributed by atoms with E-state index >= 15 is 0 Å². The average Bonchev–Trinajstić information content (AvgIpc) is 2.40. The van der Waals surface area contributed by atoms with Crippen LogP contribution >= 0.6 is 0 Å². The number of hydrogen-bond donors (Lipinski definition) is 1. The molecule has 1 saturated carbocycles. The zero-order valence-electron chi connectivity index (χ0n) is 11.5. The van der Waals surface area contributed by atoms with Gasteiger partial charge in [-0.2, -0.15) is 18.4 Å². The molecule has 6 heteroatoms. The van der Waals surface area contributed by atoms with Crippen LogP contribution in [0.4, 0.5) is 13.2 Å². The summed E-state index contributed by atoms with van der Waals surface area (Å²) < 4.78 is 37.8. The average molecular weight is 296 g/mol. The van der Waals surface area contributed by atoms with Crippen LogP contribution in [0.1, 0.15) is 30.9 Å². The minimum atomic E-state index is -4.41. The van der Waals surface area contributed by atoms with E-state index in [1.165, 1.54) is 12.1 Å². The van der Waals surface area contributed by atoms with Gasteiger partial charge in [-0.15, -0.1) is 0 Å². The second-order valence-electron chi connectivity index (χ2n) is 5.59. The van der Waals surface area contributed by atoms with Gasteiger partial charge >= 0.3 is 6.18 Å². The molecule has 3 nitrogen and oxygen atoms in total. The highest BCUT2D eigenvalue weighted by Crippen LogP contribution is 2.45. The van der Waals surface area contributed by atoms with Crippen LogP contribution in [-0.2, 0) is 17.5 Å². The Morgan fingerprint density at radius 2 is 2.14 bits per heavy atom. The van der Waals surface area contributed by atoms with Crippen LogP contribution in [0.15, 0.2) is 24.3 Å². The van der Waals surface area contributed by atoms with E-state index in [9.17, 15) is 18.0 Å². The largest absolute Gasteiger partial charge is 0.416 e. The highest BCUT2D eigenvalue weighted by atomic mass is 19.4. The molecule has 0 saturated heterocycles. The second-order valence-corrected chi connectivity index (χ2v) is 5.59. The van der Waals surface area contributed by atoms with Crippen molar-refractivity contribution in [2.45, 2.75) is 32.5 Å². The number of nitriles is 1. The summed E-state index contributed by atoms with van der Waals surface area (Å²) in [4.78, 5) is 12.0. The van der Waals surface area contributed by atoms with Crippen molar-refractivity contribution in [2.24, 2.45) is 11.3 Å². The SMILES string of the molecule is CC1CC(C#N)(C(=O)NCc2cccc(C(F)(F)F)c2)C1. The maximum absolute atomic E-state index is 12.6. The highest BCUT2D eigenvalue weighted by molar-refractivity contribution is 5.86. The summed E-state index contributed by atoms with van der Waals surface area (Å²) in [6, 6.07) is 6.82. The van der Waals surface area contributed by atoms with Gasteiger partial charge in [0.2, 0.25) is 5.91 Å². The van der Waals surface area contributed by atoms with Crippen LogP contribution in [0.25, 0.3) is 0 Å². The Morgan fingerprint density at radius 1 is 1.48 bits per heavy atom. The van der Waals surface area contributed by atoms with Crippen LogP contribution in [-0.4, -0.2) is 5.91 Å². The first kappa shape index (κ1) is 15.4. The van der Waals surface area contributed by atoms with E-state index in [1.54, 1.807) is 0 Å². The number of amides is 1. The molecule has 0 spiro atoms. The summed E-state index contributed by atoms with van der Waals surface area (Å²) >= 11 is 0. The van der Waals surface area contributed by atoms with Crippen LogP contribution < -0.4 is 5.32 Å². The van der Waals surface area contributed by atoms with E-state index in [1.807, 2.05) is 13.0 Å². The van der Waals surface area contributed by atoms with E-state index in [2.05, 4.69) is 5.32 Å². The quantitative estimate of drug-likeness (QED) is 0.930. The van der Waals surface area contributed by atoms with E-state index in [0.29, 0.717) is 24.3 Å². The molecule has 0 radical (unpaired) electrons. The van der Waals surface area contributed by atoms with Crippen molar-refractivity contribution in [1.29, 1.82) is 5.26 Å². The fraction of sp³-hybridized carbons (Fsp3) is 0.467. The van der Waals surface area contributed by atoms with Crippen molar-refractivity contribution in [2.75, 3.05) is 0 Å². The molecular formula is C15H15F3N2O. The van der Waals surface area contributed by atoms with E-state index in [0.717, 1.165) is 12.1 Å². The first-order valence-corrected chi connectivity index (χ1v) is 6.62. The second kappa shape index (κ2) is 5.40. The normalized spacial score (nSPS) is 24.8. The molecule has 0 atom stereocenters. The van der Waals surface area contributed by atoms with Gasteiger partial charge in [0, 0.05) is 6.54 Å². The predicted molar refractivity (Wildman–Crippen MR) is 69.7 cm³/mol. The first-order valence-electron chi connectivity index (χ1n) is 6.62. The van der Waals surface area contributed by atoms with Gasteiger partial charge in [0.05, 0.1) is 11.6 Å². The summed E-state index contributed by atoms with van der Waals surface area (Å²) in [7, 11) is 0. The third-order valence-corrected chi connectivity index (χ3v) is 3.75. The third kappa shape index (κ3) is 3.18. The molecule has 0 aromatic heterocycles. The molecule has 1 N–H and O–H groups in total. The van der Waals surface area contributed by atoms with Crippen LogP contribution in [0.3, 0.4) is 0 Å². The number of hydrogen-bond acceptors (Lipinski definition) is 2. The smallest absolute Gasteiger partial charge is 0.351 e. The summed E-state index contributed by atoms with van der Waals surface area (Å²) in [5.41, 5.74) is -1.40. The predicted octanol–water partition coefficient (Wildman–Crippen LogP) is 3.26. The fourth-order valence-electron chi connectivity index (χ4n) is 2.67. The Morgan fingerprint density at radius 3 is 2.67 bits per heavy atom. The Bertz CT molecular complexity index is 583. The minimum absolute atomic E-state index is 0.0133. The molecule has 0 heterocycles. The van der Waals surface area contributed by atoms with Crippen molar-refractivity contribution in [3.05, 3.63) is 35.4 Å². The van der Waals surface area contributed by atoms with Gasteiger partial charge in [-0.1, -0.05) is 19.1 Å². The van der Waals surface area contributed by atoms with Gasteiger partial charge < -0.3 is 5.32 Å². The zero-order valence-corrected chi connectivity index (χ0v) is 11.5. The summed E-state index contributed by atoms with van der Waals surface area (Å²) in [6.45, 7) is 1.94. The number of halogens is 3. The van der Waals surface area contributed by atoms with Crippen LogP contribution in [0.2, 0.25) is 0 Å².